The molecular weight excluding hydrogens is 510 g/mol. The largest absolute Gasteiger partial charge is 0.401 e. The van der Waals surface area contributed by atoms with E-state index >= 15 is 0 Å². The zero-order valence-corrected chi connectivity index (χ0v) is 20.7. The fraction of sp³-hybridized carbons (Fsp3) is 0.900. The lowest BCUT2D eigenvalue weighted by Gasteiger charge is -2.30. The smallest absolute Gasteiger partial charge is 0.353 e. The highest BCUT2D eigenvalue weighted by molar-refractivity contribution is 14.0. The minimum absolute atomic E-state index is 0. The van der Waals surface area contributed by atoms with Crippen molar-refractivity contribution in [1.82, 2.24) is 20.0 Å². The molecule has 1 aliphatic heterocycles. The van der Waals surface area contributed by atoms with Crippen LogP contribution in [0, 0.1) is 5.92 Å². The van der Waals surface area contributed by atoms with Crippen LogP contribution in [-0.4, -0.2) is 92.1 Å². The van der Waals surface area contributed by atoms with Gasteiger partial charge in [-0.1, -0.05) is 26.2 Å². The standard InChI is InChI=1S/C20H36F3N5O.HI/c1-4-27(15-20(21,22)23)13-16-10-11-28(14-16)19(24-12-18(29)26(2)3)25-17-8-6-5-7-9-17;/h16-17H,4-15H2,1-3H3,(H,24,25);1H. The van der Waals surface area contributed by atoms with Crippen molar-refractivity contribution < 1.29 is 18.0 Å². The van der Waals surface area contributed by atoms with E-state index in [9.17, 15) is 18.0 Å². The fourth-order valence-corrected chi connectivity index (χ4v) is 4.05. The molecule has 2 aliphatic rings. The second-order valence-corrected chi connectivity index (χ2v) is 8.45. The van der Waals surface area contributed by atoms with E-state index < -0.39 is 12.7 Å². The Morgan fingerprint density at radius 1 is 1.17 bits per heavy atom. The van der Waals surface area contributed by atoms with Crippen LogP contribution in [0.3, 0.4) is 0 Å². The van der Waals surface area contributed by atoms with Gasteiger partial charge in [0.25, 0.3) is 0 Å². The molecule has 1 aliphatic carbocycles. The first-order valence-corrected chi connectivity index (χ1v) is 10.7. The number of carbonyl (C=O) groups is 1. The molecule has 0 bridgehead atoms. The molecule has 6 nitrogen and oxygen atoms in total. The highest BCUT2D eigenvalue weighted by Crippen LogP contribution is 2.22. The number of aliphatic imine (C=N–C) groups is 1. The number of carbonyl (C=O) groups excluding carboxylic acids is 1. The van der Waals surface area contributed by atoms with Crippen LogP contribution < -0.4 is 5.32 Å². The van der Waals surface area contributed by atoms with Crippen molar-refractivity contribution >= 4 is 35.8 Å². The van der Waals surface area contributed by atoms with Gasteiger partial charge >= 0.3 is 6.18 Å². The number of likely N-dealkylation sites (N-methyl/N-ethyl adjacent to an activating group) is 1. The van der Waals surface area contributed by atoms with Crippen molar-refractivity contribution in [3.05, 3.63) is 0 Å². The third-order valence-corrected chi connectivity index (χ3v) is 5.75. The normalized spacial score (nSPS) is 21.0. The first-order valence-electron chi connectivity index (χ1n) is 10.7. The monoisotopic (exact) mass is 547 g/mol. The van der Waals surface area contributed by atoms with Crippen LogP contribution >= 0.6 is 24.0 Å². The lowest BCUT2D eigenvalue weighted by atomic mass is 9.96. The summed E-state index contributed by atoms with van der Waals surface area (Å²) in [6, 6.07) is 0.355. The zero-order chi connectivity index (χ0) is 21.4. The molecule has 1 amide bonds. The van der Waals surface area contributed by atoms with Crippen molar-refractivity contribution in [3.63, 3.8) is 0 Å². The van der Waals surface area contributed by atoms with Crippen LogP contribution in [-0.2, 0) is 4.79 Å². The van der Waals surface area contributed by atoms with E-state index in [1.807, 2.05) is 0 Å². The van der Waals surface area contributed by atoms with E-state index in [0.29, 0.717) is 25.7 Å². The zero-order valence-electron chi connectivity index (χ0n) is 18.4. The van der Waals surface area contributed by atoms with Gasteiger partial charge in [-0.3, -0.25) is 9.69 Å². The molecule has 1 N–H and O–H groups in total. The van der Waals surface area contributed by atoms with E-state index in [1.165, 1.54) is 29.1 Å². The van der Waals surface area contributed by atoms with Gasteiger partial charge in [0.2, 0.25) is 5.91 Å². The summed E-state index contributed by atoms with van der Waals surface area (Å²) >= 11 is 0. The molecule has 10 heteroatoms. The maximum Gasteiger partial charge on any atom is 0.401 e. The topological polar surface area (TPSA) is 51.2 Å². The Hall–Kier alpha value is -0.780. The quantitative estimate of drug-likeness (QED) is 0.303. The summed E-state index contributed by atoms with van der Waals surface area (Å²) in [5.41, 5.74) is 0. The molecule has 176 valence electrons. The summed E-state index contributed by atoms with van der Waals surface area (Å²) in [4.78, 5) is 21.7. The van der Waals surface area contributed by atoms with E-state index in [2.05, 4.69) is 15.2 Å². The van der Waals surface area contributed by atoms with Crippen LogP contribution in [0.1, 0.15) is 45.4 Å². The van der Waals surface area contributed by atoms with E-state index in [0.717, 1.165) is 31.8 Å². The molecule has 0 aromatic heterocycles. The molecule has 1 saturated carbocycles. The summed E-state index contributed by atoms with van der Waals surface area (Å²) in [6.07, 6.45) is 2.47. The predicted molar refractivity (Wildman–Crippen MR) is 124 cm³/mol. The van der Waals surface area contributed by atoms with Crippen molar-refractivity contribution in [2.45, 2.75) is 57.7 Å². The van der Waals surface area contributed by atoms with Crippen LogP contribution in [0.15, 0.2) is 4.99 Å². The Morgan fingerprint density at radius 2 is 1.83 bits per heavy atom. The summed E-state index contributed by atoms with van der Waals surface area (Å²) in [5, 5.41) is 3.53. The summed E-state index contributed by atoms with van der Waals surface area (Å²) in [7, 11) is 3.41. The maximum atomic E-state index is 12.8. The molecule has 0 aromatic carbocycles. The lowest BCUT2D eigenvalue weighted by Crippen LogP contribution is -2.46. The SMILES string of the molecule is CCN(CC1CCN(C(=NCC(=O)N(C)C)NC2CCCCC2)C1)CC(F)(F)F.I. The number of hydrogen-bond acceptors (Lipinski definition) is 3. The molecule has 1 unspecified atom stereocenters. The average molecular weight is 547 g/mol. The number of amides is 1. The lowest BCUT2D eigenvalue weighted by molar-refractivity contribution is -0.146. The van der Waals surface area contributed by atoms with Crippen molar-refractivity contribution in [1.29, 1.82) is 0 Å². The fourth-order valence-electron chi connectivity index (χ4n) is 4.05. The number of guanidine groups is 1. The first-order chi connectivity index (χ1) is 13.7. The van der Waals surface area contributed by atoms with Crippen LogP contribution in [0.25, 0.3) is 0 Å². The summed E-state index contributed by atoms with van der Waals surface area (Å²) < 4.78 is 38.3. The highest BCUT2D eigenvalue weighted by atomic mass is 127. The molecule has 2 rings (SSSR count). The molecule has 1 saturated heterocycles. The van der Waals surface area contributed by atoms with Gasteiger partial charge in [0.15, 0.2) is 5.96 Å². The molecule has 0 radical (unpaired) electrons. The number of halogens is 4. The van der Waals surface area contributed by atoms with E-state index in [1.54, 1.807) is 21.0 Å². The van der Waals surface area contributed by atoms with Crippen LogP contribution in [0.5, 0.6) is 0 Å². The second kappa shape index (κ2) is 12.9. The number of likely N-dealkylation sites (tertiary alicyclic amines) is 1. The average Bonchev–Trinajstić information content (AvgIpc) is 3.12. The van der Waals surface area contributed by atoms with Crippen LogP contribution in [0.2, 0.25) is 0 Å². The number of hydrogen-bond donors (Lipinski definition) is 1. The van der Waals surface area contributed by atoms with Gasteiger partial charge < -0.3 is 15.1 Å². The van der Waals surface area contributed by atoms with Crippen molar-refractivity contribution in [2.75, 3.05) is 53.4 Å². The van der Waals surface area contributed by atoms with Gasteiger partial charge in [0.1, 0.15) is 6.54 Å². The molecule has 0 aromatic rings. The van der Waals surface area contributed by atoms with Gasteiger partial charge in [-0.15, -0.1) is 24.0 Å². The van der Waals surface area contributed by atoms with Gasteiger partial charge in [0.05, 0.1) is 6.54 Å². The first kappa shape index (κ1) is 27.3. The van der Waals surface area contributed by atoms with E-state index in [-0.39, 0.29) is 42.3 Å². The Labute approximate surface area is 195 Å². The number of nitrogens with zero attached hydrogens (tertiary/aromatic N) is 4. The molecule has 1 atom stereocenters. The van der Waals surface area contributed by atoms with Gasteiger partial charge in [0, 0.05) is 39.8 Å². The Kier molecular flexibility index (Phi) is 11.7. The minimum Gasteiger partial charge on any atom is -0.353 e. The number of alkyl halides is 3. The Morgan fingerprint density at radius 3 is 2.40 bits per heavy atom. The third kappa shape index (κ3) is 9.57. The highest BCUT2D eigenvalue weighted by Gasteiger charge is 2.33. The second-order valence-electron chi connectivity index (χ2n) is 8.45. The number of nitrogens with one attached hydrogen (secondary N) is 1. The molecular formula is C20H37F3IN5O. The summed E-state index contributed by atoms with van der Waals surface area (Å²) in [6.45, 7) is 3.22. The van der Waals surface area contributed by atoms with Crippen molar-refractivity contribution in [3.8, 4) is 0 Å². The molecule has 0 spiro atoms. The maximum absolute atomic E-state index is 12.8. The Balaban J connectivity index is 0.00000450. The predicted octanol–water partition coefficient (Wildman–Crippen LogP) is 3.18. The molecule has 2 fully saturated rings. The molecule has 1 heterocycles. The van der Waals surface area contributed by atoms with Gasteiger partial charge in [-0.25, -0.2) is 4.99 Å². The molecule has 30 heavy (non-hydrogen) atoms. The van der Waals surface area contributed by atoms with Crippen LogP contribution in [0.4, 0.5) is 13.2 Å². The third-order valence-electron chi connectivity index (χ3n) is 5.75. The number of rotatable bonds is 7. The van der Waals surface area contributed by atoms with Gasteiger partial charge in [-0.2, -0.15) is 13.2 Å². The van der Waals surface area contributed by atoms with Gasteiger partial charge in [-0.05, 0) is 31.7 Å². The van der Waals surface area contributed by atoms with Crippen molar-refractivity contribution in [2.24, 2.45) is 10.9 Å². The minimum atomic E-state index is -4.17. The Bertz CT molecular complexity index is 553. The summed E-state index contributed by atoms with van der Waals surface area (Å²) in [5.74, 6) is 0.833. The van der Waals surface area contributed by atoms with E-state index in [4.69, 9.17) is 0 Å².